The van der Waals surface area contributed by atoms with Crippen LogP contribution < -0.4 is 4.74 Å². The number of aliphatic carboxylic acids is 1. The number of hydrogen-bond donors (Lipinski definition) is 1. The Hall–Kier alpha value is -1.73. The van der Waals surface area contributed by atoms with E-state index in [0.717, 1.165) is 37.9 Å². The summed E-state index contributed by atoms with van der Waals surface area (Å²) in [5.74, 6) is -0.639. The SMILES string of the molecule is CC(c1ccc(OC(F)F)cc1)N1CCCC(N(C)CC(=O)O)CC1. The molecule has 0 amide bonds. The van der Waals surface area contributed by atoms with Gasteiger partial charge in [-0.25, -0.2) is 0 Å². The highest BCUT2D eigenvalue weighted by Crippen LogP contribution is 2.26. The molecule has 1 aliphatic rings. The van der Waals surface area contributed by atoms with E-state index in [4.69, 9.17) is 5.11 Å². The number of likely N-dealkylation sites (N-methyl/N-ethyl adjacent to an activating group) is 1. The van der Waals surface area contributed by atoms with Gasteiger partial charge in [0.2, 0.25) is 0 Å². The van der Waals surface area contributed by atoms with Crippen LogP contribution in [0, 0.1) is 0 Å². The monoisotopic (exact) mass is 356 g/mol. The number of hydrogen-bond acceptors (Lipinski definition) is 4. The van der Waals surface area contributed by atoms with Gasteiger partial charge in [0, 0.05) is 18.6 Å². The lowest BCUT2D eigenvalue weighted by Gasteiger charge is -2.29. The van der Waals surface area contributed by atoms with E-state index in [2.05, 4.69) is 16.6 Å². The van der Waals surface area contributed by atoms with E-state index in [1.54, 1.807) is 12.1 Å². The normalized spacial score (nSPS) is 20.5. The minimum Gasteiger partial charge on any atom is -0.480 e. The largest absolute Gasteiger partial charge is 0.480 e. The Morgan fingerprint density at radius 3 is 2.60 bits per heavy atom. The van der Waals surface area contributed by atoms with Crippen LogP contribution in [-0.2, 0) is 4.79 Å². The van der Waals surface area contributed by atoms with Crippen molar-refractivity contribution >= 4 is 5.97 Å². The molecule has 0 aromatic heterocycles. The fraction of sp³-hybridized carbons (Fsp3) is 0.611. The van der Waals surface area contributed by atoms with E-state index in [9.17, 15) is 13.6 Å². The average Bonchev–Trinajstić information content (AvgIpc) is 2.80. The Bertz CT molecular complexity index is 554. The maximum Gasteiger partial charge on any atom is 0.387 e. The summed E-state index contributed by atoms with van der Waals surface area (Å²) in [6, 6.07) is 7.22. The standard InChI is InChI=1S/C18H26F2N2O3/c1-13(14-5-7-16(8-6-14)25-18(19)20)22-10-3-4-15(9-11-22)21(2)12-17(23)24/h5-8,13,15,18H,3-4,9-12H2,1-2H3,(H,23,24). The van der Waals surface area contributed by atoms with Gasteiger partial charge >= 0.3 is 12.6 Å². The molecule has 0 radical (unpaired) electrons. The zero-order valence-electron chi connectivity index (χ0n) is 14.7. The summed E-state index contributed by atoms with van der Waals surface area (Å²) in [4.78, 5) is 15.1. The van der Waals surface area contributed by atoms with Gasteiger partial charge in [0.1, 0.15) is 5.75 Å². The maximum atomic E-state index is 12.2. The lowest BCUT2D eigenvalue weighted by Crippen LogP contribution is -2.36. The van der Waals surface area contributed by atoms with Crippen molar-refractivity contribution in [1.82, 2.24) is 9.80 Å². The summed E-state index contributed by atoms with van der Waals surface area (Å²) < 4.78 is 28.8. The molecule has 2 rings (SSSR count). The van der Waals surface area contributed by atoms with Crippen LogP contribution in [0.5, 0.6) is 5.75 Å². The Labute approximate surface area is 147 Å². The van der Waals surface area contributed by atoms with Crippen LogP contribution in [0.2, 0.25) is 0 Å². The zero-order valence-corrected chi connectivity index (χ0v) is 14.7. The van der Waals surface area contributed by atoms with E-state index in [0.29, 0.717) is 0 Å². The molecular weight excluding hydrogens is 330 g/mol. The van der Waals surface area contributed by atoms with Crippen LogP contribution >= 0.6 is 0 Å². The van der Waals surface area contributed by atoms with Crippen LogP contribution in [0.25, 0.3) is 0 Å². The molecule has 1 N–H and O–H groups in total. The Morgan fingerprint density at radius 2 is 2.00 bits per heavy atom. The minimum absolute atomic E-state index is 0.0613. The number of alkyl halides is 2. The lowest BCUT2D eigenvalue weighted by molar-refractivity contribution is -0.138. The molecule has 0 aliphatic carbocycles. The van der Waals surface area contributed by atoms with Crippen LogP contribution in [-0.4, -0.2) is 60.2 Å². The molecule has 1 aromatic rings. The van der Waals surface area contributed by atoms with Crippen molar-refractivity contribution in [3.05, 3.63) is 29.8 Å². The fourth-order valence-corrected chi connectivity index (χ4v) is 3.41. The summed E-state index contributed by atoms with van der Waals surface area (Å²) in [7, 11) is 1.86. The second-order valence-corrected chi connectivity index (χ2v) is 6.55. The summed E-state index contributed by atoms with van der Waals surface area (Å²) in [6.45, 7) is 1.17. The molecule has 2 unspecified atom stereocenters. The molecule has 1 heterocycles. The Morgan fingerprint density at radius 1 is 1.32 bits per heavy atom. The minimum atomic E-state index is -2.81. The number of halogens is 2. The highest BCUT2D eigenvalue weighted by atomic mass is 19.3. The molecule has 25 heavy (non-hydrogen) atoms. The van der Waals surface area contributed by atoms with Crippen LogP contribution in [0.1, 0.15) is 37.8 Å². The number of ether oxygens (including phenoxy) is 1. The van der Waals surface area contributed by atoms with E-state index < -0.39 is 12.6 Å². The molecule has 1 fully saturated rings. The molecule has 0 saturated carbocycles. The summed E-state index contributed by atoms with van der Waals surface area (Å²) in [6.07, 6.45) is 2.90. The van der Waals surface area contributed by atoms with Gasteiger partial charge in [-0.2, -0.15) is 8.78 Å². The first-order valence-electron chi connectivity index (χ1n) is 8.57. The third-order valence-electron chi connectivity index (χ3n) is 4.88. The smallest absolute Gasteiger partial charge is 0.387 e. The average molecular weight is 356 g/mol. The molecule has 1 aromatic carbocycles. The van der Waals surface area contributed by atoms with Gasteiger partial charge in [-0.1, -0.05) is 12.1 Å². The van der Waals surface area contributed by atoms with Gasteiger partial charge in [-0.15, -0.1) is 0 Å². The Balaban J connectivity index is 1.93. The quantitative estimate of drug-likeness (QED) is 0.813. The topological polar surface area (TPSA) is 53.0 Å². The molecule has 0 bridgehead atoms. The number of carbonyl (C=O) groups is 1. The van der Waals surface area contributed by atoms with Gasteiger partial charge in [-0.05, 0) is 57.5 Å². The van der Waals surface area contributed by atoms with Crippen molar-refractivity contribution in [3.8, 4) is 5.75 Å². The van der Waals surface area contributed by atoms with E-state index in [-0.39, 0.29) is 24.4 Å². The first kappa shape index (κ1) is 19.6. The van der Waals surface area contributed by atoms with Crippen molar-refractivity contribution in [1.29, 1.82) is 0 Å². The molecule has 2 atom stereocenters. The van der Waals surface area contributed by atoms with Crippen LogP contribution in [0.4, 0.5) is 8.78 Å². The molecule has 1 aliphatic heterocycles. The van der Waals surface area contributed by atoms with E-state index in [1.807, 2.05) is 24.1 Å². The van der Waals surface area contributed by atoms with Crippen molar-refractivity contribution in [3.63, 3.8) is 0 Å². The highest BCUT2D eigenvalue weighted by Gasteiger charge is 2.24. The van der Waals surface area contributed by atoms with Crippen LogP contribution in [0.3, 0.4) is 0 Å². The number of carboxylic acid groups (broad SMARTS) is 1. The number of likely N-dealkylation sites (tertiary alicyclic amines) is 1. The maximum absolute atomic E-state index is 12.2. The highest BCUT2D eigenvalue weighted by molar-refractivity contribution is 5.69. The van der Waals surface area contributed by atoms with Gasteiger partial charge in [0.15, 0.2) is 0 Å². The molecular formula is C18H26F2N2O3. The molecule has 0 spiro atoms. The zero-order chi connectivity index (χ0) is 18.4. The van der Waals surface area contributed by atoms with Gasteiger partial charge in [0.25, 0.3) is 0 Å². The van der Waals surface area contributed by atoms with Crippen molar-refractivity contribution in [2.75, 3.05) is 26.7 Å². The predicted molar refractivity (Wildman–Crippen MR) is 91.0 cm³/mol. The second kappa shape index (κ2) is 9.10. The van der Waals surface area contributed by atoms with Crippen molar-refractivity contribution in [2.24, 2.45) is 0 Å². The molecule has 7 heteroatoms. The third kappa shape index (κ3) is 5.93. The summed E-state index contributed by atoms with van der Waals surface area (Å²) in [5.41, 5.74) is 1.05. The van der Waals surface area contributed by atoms with Crippen molar-refractivity contribution < 1.29 is 23.4 Å². The molecule has 1 saturated heterocycles. The predicted octanol–water partition coefficient (Wildman–Crippen LogP) is 3.22. The van der Waals surface area contributed by atoms with E-state index >= 15 is 0 Å². The Kier molecular flexibility index (Phi) is 7.13. The van der Waals surface area contributed by atoms with Crippen LogP contribution in [0.15, 0.2) is 24.3 Å². The summed E-state index contributed by atoms with van der Waals surface area (Å²) in [5, 5.41) is 8.94. The molecule has 5 nitrogen and oxygen atoms in total. The second-order valence-electron chi connectivity index (χ2n) is 6.55. The number of benzene rings is 1. The van der Waals surface area contributed by atoms with Gasteiger partial charge in [-0.3, -0.25) is 14.6 Å². The number of carboxylic acids is 1. The van der Waals surface area contributed by atoms with Gasteiger partial charge in [0.05, 0.1) is 6.54 Å². The first-order valence-corrected chi connectivity index (χ1v) is 8.57. The lowest BCUT2D eigenvalue weighted by atomic mass is 10.1. The molecule has 140 valence electrons. The summed E-state index contributed by atoms with van der Waals surface area (Å²) >= 11 is 0. The third-order valence-corrected chi connectivity index (χ3v) is 4.88. The first-order chi connectivity index (χ1) is 11.9. The van der Waals surface area contributed by atoms with Crippen molar-refractivity contribution in [2.45, 2.75) is 44.9 Å². The van der Waals surface area contributed by atoms with Gasteiger partial charge < -0.3 is 9.84 Å². The number of rotatable bonds is 7. The fourth-order valence-electron chi connectivity index (χ4n) is 3.41. The number of nitrogens with zero attached hydrogens (tertiary/aromatic N) is 2. The van der Waals surface area contributed by atoms with E-state index in [1.165, 1.54) is 0 Å².